The van der Waals surface area contributed by atoms with Gasteiger partial charge in [0.05, 0.1) is 19.8 Å². The summed E-state index contributed by atoms with van der Waals surface area (Å²) in [5.74, 6) is -1.03. The van der Waals surface area contributed by atoms with Crippen molar-refractivity contribution in [3.8, 4) is 0 Å². The van der Waals surface area contributed by atoms with Crippen molar-refractivity contribution in [3.05, 3.63) is 97.2 Å². The van der Waals surface area contributed by atoms with Crippen molar-refractivity contribution in [1.29, 1.82) is 0 Å². The normalized spacial score (nSPS) is 26.2. The summed E-state index contributed by atoms with van der Waals surface area (Å²) in [5, 5.41) is 72.1. The van der Waals surface area contributed by atoms with E-state index in [1.54, 1.807) is 0 Å². The third-order valence-corrected chi connectivity index (χ3v) is 11.5. The lowest BCUT2D eigenvalue weighted by molar-refractivity contribution is -0.332. The minimum absolute atomic E-state index is 0.121. The Morgan fingerprint density at radius 3 is 1.44 bits per heavy atom. The summed E-state index contributed by atoms with van der Waals surface area (Å²) in [6.07, 6.45) is 34.4. The molecule has 2 aliphatic rings. The highest BCUT2D eigenvalue weighted by atomic mass is 16.7. The molecular weight excluding hydrogens is 901 g/mol. The molecule has 0 aliphatic carbocycles. The first kappa shape index (κ1) is 62.5. The fraction of sp³-hybridized carbons (Fsp3) is 0.673. The molecule has 15 nitrogen and oxygen atoms in total. The number of ether oxygens (including phenoxy) is 6. The monoisotopic (exact) mass is 989 g/mol. The molecule has 0 aromatic rings. The van der Waals surface area contributed by atoms with Crippen molar-refractivity contribution in [3.63, 3.8) is 0 Å². The van der Waals surface area contributed by atoms with Gasteiger partial charge in [0.15, 0.2) is 18.7 Å². The van der Waals surface area contributed by atoms with Crippen LogP contribution in [-0.4, -0.2) is 142 Å². The van der Waals surface area contributed by atoms with Gasteiger partial charge < -0.3 is 64.2 Å². The molecule has 0 aromatic heterocycles. The highest BCUT2D eigenvalue weighted by Gasteiger charge is 2.47. The molecule has 2 rings (SSSR count). The van der Waals surface area contributed by atoms with Crippen LogP contribution in [0.15, 0.2) is 97.2 Å². The van der Waals surface area contributed by atoms with E-state index < -0.39 is 99.3 Å². The first-order valence-electron chi connectivity index (χ1n) is 25.8. The van der Waals surface area contributed by atoms with Gasteiger partial charge >= 0.3 is 11.9 Å². The standard InChI is InChI=1S/C55H88O15/c1-3-5-7-9-11-13-15-17-19-21-23-25-27-29-31-33-35-37-46(57)65-40-43(68-47(58)38-36-34-32-30-28-26-24-22-20-18-16-14-12-10-8-6-4-2)41-66-54-53(64)51(62)49(60)45(70-54)42-67-55-52(63)50(61)48(59)44(39-56)69-55/h5,7,11-14,17-20,23-26,29,31,43-45,48-56,59-64H,3-4,6,8-10,15-16,21-22,27-28,30,32-42H2,1-2H3/b7-5+,13-11+,14-12+,19-17+,20-18+,25-23+,26-24+,31-29+/t43-,44+,45+,48-,49-,50?,51?,52?,53?,54+,55+/m0/s1. The number of rotatable bonds is 38. The highest BCUT2D eigenvalue weighted by Crippen LogP contribution is 2.26. The SMILES string of the molecule is CC/C=C/C/C=C/C/C=C/C/C=C/C/C=C/CCCC(=O)OC[C@@H](CO[C@@H]1O[C@H](CO[C@@H]2O[C@H](CO)[C@H](O)C(O)C2O)[C@H](O)C(O)C1O)OC(=O)CCCCCC/C=C/C/C=C/C/C=C/CCCCC. The number of esters is 2. The van der Waals surface area contributed by atoms with E-state index in [1.165, 1.54) is 19.3 Å². The number of aliphatic hydroxyl groups is 7. The Morgan fingerprint density at radius 1 is 0.471 bits per heavy atom. The number of unbranched alkanes of at least 4 members (excludes halogenated alkanes) is 8. The van der Waals surface area contributed by atoms with Crippen molar-refractivity contribution in [1.82, 2.24) is 0 Å². The van der Waals surface area contributed by atoms with Gasteiger partial charge in [0.2, 0.25) is 0 Å². The van der Waals surface area contributed by atoms with Crippen LogP contribution in [0.5, 0.6) is 0 Å². The average molecular weight is 989 g/mol. The van der Waals surface area contributed by atoms with Crippen LogP contribution < -0.4 is 0 Å². The van der Waals surface area contributed by atoms with E-state index in [-0.39, 0.29) is 19.4 Å². The van der Waals surface area contributed by atoms with Gasteiger partial charge in [-0.25, -0.2) is 0 Å². The molecule has 11 atom stereocenters. The Balaban J connectivity index is 1.85. The van der Waals surface area contributed by atoms with E-state index in [0.29, 0.717) is 19.3 Å². The predicted molar refractivity (Wildman–Crippen MR) is 270 cm³/mol. The van der Waals surface area contributed by atoms with Crippen LogP contribution in [-0.2, 0) is 38.0 Å². The Hall–Kier alpha value is -3.58. The van der Waals surface area contributed by atoms with Gasteiger partial charge in [0.25, 0.3) is 0 Å². The molecular formula is C55H88O15. The van der Waals surface area contributed by atoms with Crippen molar-refractivity contribution in [2.45, 2.75) is 210 Å². The van der Waals surface area contributed by atoms with Gasteiger partial charge in [-0.1, -0.05) is 137 Å². The fourth-order valence-corrected chi connectivity index (χ4v) is 7.32. The van der Waals surface area contributed by atoms with Gasteiger partial charge in [-0.3, -0.25) is 9.59 Å². The van der Waals surface area contributed by atoms with Gasteiger partial charge in [0, 0.05) is 12.8 Å². The Kier molecular flexibility index (Phi) is 36.6. The van der Waals surface area contributed by atoms with Gasteiger partial charge in [-0.2, -0.15) is 0 Å². The number of carbonyl (C=O) groups is 2. The van der Waals surface area contributed by atoms with Crippen molar-refractivity contribution in [2.75, 3.05) is 26.4 Å². The third kappa shape index (κ3) is 28.5. The number of carbonyl (C=O) groups excluding carboxylic acids is 2. The van der Waals surface area contributed by atoms with E-state index in [2.05, 4.69) is 98.9 Å². The summed E-state index contributed by atoms with van der Waals surface area (Å²) in [7, 11) is 0. The second-order valence-corrected chi connectivity index (χ2v) is 17.6. The molecule has 0 spiro atoms. The molecule has 7 N–H and O–H groups in total. The maximum atomic E-state index is 13.0. The van der Waals surface area contributed by atoms with Crippen LogP contribution in [0.4, 0.5) is 0 Å². The molecule has 2 saturated heterocycles. The van der Waals surface area contributed by atoms with Crippen LogP contribution in [0.2, 0.25) is 0 Å². The molecule has 0 aromatic carbocycles. The molecule has 0 bridgehead atoms. The maximum Gasteiger partial charge on any atom is 0.306 e. The molecule has 0 saturated carbocycles. The summed E-state index contributed by atoms with van der Waals surface area (Å²) in [6.45, 7) is 2.34. The van der Waals surface area contributed by atoms with Crippen molar-refractivity contribution >= 4 is 11.9 Å². The zero-order valence-corrected chi connectivity index (χ0v) is 42.0. The van der Waals surface area contributed by atoms with Crippen LogP contribution in [0.1, 0.15) is 142 Å². The van der Waals surface area contributed by atoms with Crippen LogP contribution >= 0.6 is 0 Å². The summed E-state index contributed by atoms with van der Waals surface area (Å²) in [4.78, 5) is 25.8. The second kappa shape index (κ2) is 41.0. The molecule has 0 amide bonds. The molecule has 2 fully saturated rings. The fourth-order valence-electron chi connectivity index (χ4n) is 7.32. The number of aliphatic hydroxyl groups excluding tert-OH is 7. The maximum absolute atomic E-state index is 13.0. The number of hydrogen-bond acceptors (Lipinski definition) is 15. The number of allylic oxidation sites excluding steroid dienone is 16. The van der Waals surface area contributed by atoms with E-state index in [0.717, 1.165) is 77.0 Å². The quantitative estimate of drug-likeness (QED) is 0.0182. The van der Waals surface area contributed by atoms with E-state index in [9.17, 15) is 45.3 Å². The summed E-state index contributed by atoms with van der Waals surface area (Å²) >= 11 is 0. The minimum Gasteiger partial charge on any atom is -0.462 e. The summed E-state index contributed by atoms with van der Waals surface area (Å²) in [5.41, 5.74) is 0. The molecule has 2 heterocycles. The number of hydrogen-bond donors (Lipinski definition) is 7. The van der Waals surface area contributed by atoms with Gasteiger partial charge in [0.1, 0.15) is 55.4 Å². The lowest BCUT2D eigenvalue weighted by Crippen LogP contribution is -2.61. The first-order chi connectivity index (χ1) is 34.0. The largest absolute Gasteiger partial charge is 0.462 e. The summed E-state index contributed by atoms with van der Waals surface area (Å²) in [6, 6.07) is 0. The lowest BCUT2D eigenvalue weighted by atomic mass is 9.98. The Bertz CT molecular complexity index is 1580. The van der Waals surface area contributed by atoms with Crippen LogP contribution in [0.3, 0.4) is 0 Å². The van der Waals surface area contributed by atoms with Crippen molar-refractivity contribution < 1.29 is 73.8 Å². The first-order valence-corrected chi connectivity index (χ1v) is 25.8. The molecule has 398 valence electrons. The zero-order chi connectivity index (χ0) is 51.0. The zero-order valence-electron chi connectivity index (χ0n) is 42.0. The third-order valence-electron chi connectivity index (χ3n) is 11.5. The summed E-state index contributed by atoms with van der Waals surface area (Å²) < 4.78 is 33.5. The van der Waals surface area contributed by atoms with E-state index >= 15 is 0 Å². The highest BCUT2D eigenvalue weighted by molar-refractivity contribution is 5.70. The van der Waals surface area contributed by atoms with Gasteiger partial charge in [-0.05, 0) is 89.9 Å². The topological polar surface area (TPSA) is 231 Å². The average Bonchev–Trinajstić information content (AvgIpc) is 3.35. The predicted octanol–water partition coefficient (Wildman–Crippen LogP) is 7.37. The second-order valence-electron chi connectivity index (χ2n) is 17.6. The molecule has 0 radical (unpaired) electrons. The van der Waals surface area contributed by atoms with E-state index in [4.69, 9.17) is 28.4 Å². The van der Waals surface area contributed by atoms with Gasteiger partial charge in [-0.15, -0.1) is 0 Å². The Labute approximate surface area is 417 Å². The molecule has 4 unspecified atom stereocenters. The van der Waals surface area contributed by atoms with E-state index in [1.807, 2.05) is 12.2 Å². The molecule has 2 aliphatic heterocycles. The minimum atomic E-state index is -1.78. The smallest absolute Gasteiger partial charge is 0.306 e. The van der Waals surface area contributed by atoms with Crippen molar-refractivity contribution in [2.24, 2.45) is 0 Å². The molecule has 70 heavy (non-hydrogen) atoms. The Morgan fingerprint density at radius 2 is 0.914 bits per heavy atom. The molecule has 15 heteroatoms. The lowest BCUT2D eigenvalue weighted by Gasteiger charge is -2.42. The van der Waals surface area contributed by atoms with Crippen LogP contribution in [0, 0.1) is 0 Å². The van der Waals surface area contributed by atoms with Crippen LogP contribution in [0.25, 0.3) is 0 Å².